The van der Waals surface area contributed by atoms with Crippen LogP contribution in [0.25, 0.3) is 11.3 Å². The number of benzene rings is 1. The zero-order valence-electron chi connectivity index (χ0n) is 14.5. The Balaban J connectivity index is 1.88. The summed E-state index contributed by atoms with van der Waals surface area (Å²) in [4.78, 5) is 36.4. The molecule has 0 fully saturated rings. The molecule has 138 valence electrons. The minimum absolute atomic E-state index is 0.125. The summed E-state index contributed by atoms with van der Waals surface area (Å²) in [5, 5.41) is 6.38. The Labute approximate surface area is 154 Å². The predicted molar refractivity (Wildman–Crippen MR) is 94.5 cm³/mol. The number of carbonyl (C=O) groups excluding carboxylic acids is 3. The molecule has 0 bridgehead atoms. The highest BCUT2D eigenvalue weighted by molar-refractivity contribution is 6.38. The number of nitrogens with two attached hydrogens (primary N) is 1. The number of ketones is 1. The van der Waals surface area contributed by atoms with Crippen molar-refractivity contribution in [2.75, 3.05) is 0 Å². The lowest BCUT2D eigenvalue weighted by Crippen LogP contribution is -2.47. The van der Waals surface area contributed by atoms with Crippen LogP contribution >= 0.6 is 0 Å². The maximum Gasteiger partial charge on any atom is 0.287 e. The summed E-state index contributed by atoms with van der Waals surface area (Å²) >= 11 is 0. The van der Waals surface area contributed by atoms with Crippen molar-refractivity contribution in [2.45, 2.75) is 19.4 Å². The Morgan fingerprint density at radius 2 is 1.93 bits per heavy atom. The van der Waals surface area contributed by atoms with Crippen LogP contribution in [-0.4, -0.2) is 28.8 Å². The lowest BCUT2D eigenvalue weighted by atomic mass is 10.0. The molecule has 8 heteroatoms. The Hall–Kier alpha value is -3.68. The molecule has 3 aromatic rings. The van der Waals surface area contributed by atoms with Crippen LogP contribution in [0.2, 0.25) is 0 Å². The number of hydrogen-bond donors (Lipinski definition) is 2. The van der Waals surface area contributed by atoms with E-state index in [9.17, 15) is 14.4 Å². The molecular formula is C19H17N3O5. The molecule has 1 unspecified atom stereocenters. The predicted octanol–water partition coefficient (Wildman–Crippen LogP) is 1.64. The summed E-state index contributed by atoms with van der Waals surface area (Å²) in [7, 11) is 0. The van der Waals surface area contributed by atoms with Gasteiger partial charge in [-0.2, -0.15) is 0 Å². The maximum absolute atomic E-state index is 12.8. The number of nitrogens with one attached hydrogen (secondary N) is 1. The van der Waals surface area contributed by atoms with Gasteiger partial charge in [0.1, 0.15) is 17.9 Å². The third-order valence-corrected chi connectivity index (χ3v) is 4.02. The fourth-order valence-corrected chi connectivity index (χ4v) is 2.69. The Morgan fingerprint density at radius 3 is 2.56 bits per heavy atom. The second kappa shape index (κ2) is 7.69. The highest BCUT2D eigenvalue weighted by Gasteiger charge is 2.29. The van der Waals surface area contributed by atoms with Gasteiger partial charge in [0.2, 0.25) is 5.78 Å². The zero-order valence-corrected chi connectivity index (χ0v) is 14.5. The molecule has 0 saturated carbocycles. The first-order valence-electron chi connectivity index (χ1n) is 8.14. The number of hydrogen-bond acceptors (Lipinski definition) is 6. The van der Waals surface area contributed by atoms with E-state index in [1.165, 1.54) is 12.5 Å². The lowest BCUT2D eigenvalue weighted by Gasteiger charge is -2.16. The van der Waals surface area contributed by atoms with Crippen LogP contribution in [0.15, 0.2) is 57.9 Å². The molecular weight excluding hydrogens is 350 g/mol. The van der Waals surface area contributed by atoms with Gasteiger partial charge >= 0.3 is 0 Å². The van der Waals surface area contributed by atoms with Crippen LogP contribution in [0.1, 0.15) is 21.6 Å². The molecule has 2 amide bonds. The van der Waals surface area contributed by atoms with Gasteiger partial charge in [-0.25, -0.2) is 0 Å². The van der Waals surface area contributed by atoms with Crippen LogP contribution in [0, 0.1) is 6.92 Å². The van der Waals surface area contributed by atoms with E-state index >= 15 is 0 Å². The van der Waals surface area contributed by atoms with Gasteiger partial charge in [-0.1, -0.05) is 35.5 Å². The summed E-state index contributed by atoms with van der Waals surface area (Å²) in [6, 6.07) is 9.50. The molecule has 8 nitrogen and oxygen atoms in total. The van der Waals surface area contributed by atoms with E-state index in [0.29, 0.717) is 11.3 Å². The average molecular weight is 367 g/mol. The van der Waals surface area contributed by atoms with Crippen LogP contribution in [-0.2, 0) is 16.0 Å². The Kier molecular flexibility index (Phi) is 5.16. The van der Waals surface area contributed by atoms with Crippen molar-refractivity contribution >= 4 is 17.6 Å². The summed E-state index contributed by atoms with van der Waals surface area (Å²) in [5.74, 6) is -2.39. The van der Waals surface area contributed by atoms with Gasteiger partial charge in [-0.05, 0) is 18.6 Å². The summed E-state index contributed by atoms with van der Waals surface area (Å²) in [6.07, 6.45) is 2.97. The van der Waals surface area contributed by atoms with Crippen molar-refractivity contribution in [2.24, 2.45) is 5.73 Å². The molecule has 3 rings (SSSR count). The van der Waals surface area contributed by atoms with E-state index in [1.807, 2.05) is 6.07 Å². The summed E-state index contributed by atoms with van der Waals surface area (Å²) < 4.78 is 10.2. The molecule has 0 aliphatic carbocycles. The SMILES string of the molecule is Cc1noc(-c2ccoc2)c1C(=O)NC(Cc1ccccc1)C(=O)C(N)=O. The number of aryl methyl sites for hydroxylation is 1. The van der Waals surface area contributed by atoms with E-state index in [-0.39, 0.29) is 17.7 Å². The first-order chi connectivity index (χ1) is 13.0. The fourth-order valence-electron chi connectivity index (χ4n) is 2.69. The van der Waals surface area contributed by atoms with Gasteiger partial charge < -0.3 is 20.0 Å². The van der Waals surface area contributed by atoms with Crippen LogP contribution in [0.5, 0.6) is 0 Å². The fraction of sp³-hybridized carbons (Fsp3) is 0.158. The molecule has 1 aromatic carbocycles. The van der Waals surface area contributed by atoms with Crippen molar-refractivity contribution in [3.05, 3.63) is 65.7 Å². The van der Waals surface area contributed by atoms with E-state index in [2.05, 4.69) is 10.5 Å². The van der Waals surface area contributed by atoms with Crippen molar-refractivity contribution in [1.29, 1.82) is 0 Å². The highest BCUT2D eigenvalue weighted by atomic mass is 16.5. The highest BCUT2D eigenvalue weighted by Crippen LogP contribution is 2.26. The Bertz CT molecular complexity index is 961. The minimum atomic E-state index is -1.12. The van der Waals surface area contributed by atoms with E-state index in [4.69, 9.17) is 14.7 Å². The van der Waals surface area contributed by atoms with Crippen LogP contribution in [0.3, 0.4) is 0 Å². The van der Waals surface area contributed by atoms with Crippen molar-refractivity contribution in [3.8, 4) is 11.3 Å². The van der Waals surface area contributed by atoms with E-state index in [1.54, 1.807) is 37.3 Å². The molecule has 0 radical (unpaired) electrons. The summed E-state index contributed by atoms with van der Waals surface area (Å²) in [6.45, 7) is 1.60. The largest absolute Gasteiger partial charge is 0.472 e. The normalized spacial score (nSPS) is 11.7. The molecule has 2 aromatic heterocycles. The van der Waals surface area contributed by atoms with Gasteiger partial charge in [0.05, 0.1) is 17.5 Å². The molecule has 0 spiro atoms. The second-order valence-corrected chi connectivity index (χ2v) is 5.93. The number of furan rings is 1. The number of nitrogens with zero attached hydrogens (tertiary/aromatic N) is 1. The molecule has 0 aliphatic heterocycles. The molecule has 0 saturated heterocycles. The molecule has 3 N–H and O–H groups in total. The molecule has 1 atom stereocenters. The number of rotatable bonds is 7. The topological polar surface area (TPSA) is 128 Å². The van der Waals surface area contributed by atoms with Crippen molar-refractivity contribution in [3.63, 3.8) is 0 Å². The van der Waals surface area contributed by atoms with Gasteiger partial charge in [0.25, 0.3) is 11.8 Å². The third-order valence-electron chi connectivity index (χ3n) is 4.02. The summed E-state index contributed by atoms with van der Waals surface area (Å²) in [5.41, 5.74) is 6.94. The Morgan fingerprint density at radius 1 is 1.19 bits per heavy atom. The van der Waals surface area contributed by atoms with Gasteiger partial charge in [-0.3, -0.25) is 14.4 Å². The quantitative estimate of drug-likeness (QED) is 0.611. The zero-order chi connectivity index (χ0) is 19.4. The molecule has 27 heavy (non-hydrogen) atoms. The van der Waals surface area contributed by atoms with Gasteiger partial charge in [-0.15, -0.1) is 0 Å². The number of amides is 2. The monoisotopic (exact) mass is 367 g/mol. The molecule has 2 heterocycles. The number of Topliss-reactive ketones (excluding diaryl/α,β-unsaturated/α-hetero) is 1. The standard InChI is InChI=1S/C19H17N3O5/c1-11-15(17(27-22-11)13-7-8-26-10-13)19(25)21-14(16(23)18(20)24)9-12-5-3-2-4-6-12/h2-8,10,14H,9H2,1H3,(H2,20,24)(H,21,25). The van der Waals surface area contributed by atoms with Crippen molar-refractivity contribution in [1.82, 2.24) is 10.5 Å². The van der Waals surface area contributed by atoms with E-state index in [0.717, 1.165) is 5.56 Å². The lowest BCUT2D eigenvalue weighted by molar-refractivity contribution is -0.137. The van der Waals surface area contributed by atoms with Crippen LogP contribution < -0.4 is 11.1 Å². The smallest absolute Gasteiger partial charge is 0.287 e. The maximum atomic E-state index is 12.8. The van der Waals surface area contributed by atoms with Crippen molar-refractivity contribution < 1.29 is 23.3 Å². The second-order valence-electron chi connectivity index (χ2n) is 5.93. The average Bonchev–Trinajstić information content (AvgIpc) is 3.30. The number of primary amides is 1. The van der Waals surface area contributed by atoms with Crippen LogP contribution in [0.4, 0.5) is 0 Å². The minimum Gasteiger partial charge on any atom is -0.472 e. The van der Waals surface area contributed by atoms with Gasteiger partial charge in [0, 0.05) is 6.42 Å². The number of carbonyl (C=O) groups is 3. The third kappa shape index (κ3) is 3.95. The first kappa shape index (κ1) is 18.1. The first-order valence-corrected chi connectivity index (χ1v) is 8.14. The van der Waals surface area contributed by atoms with Gasteiger partial charge in [0.15, 0.2) is 5.76 Å². The number of aromatic nitrogens is 1. The van der Waals surface area contributed by atoms with E-state index < -0.39 is 23.6 Å². The molecule has 0 aliphatic rings.